The summed E-state index contributed by atoms with van der Waals surface area (Å²) in [7, 11) is 1.57. The van der Waals surface area contributed by atoms with Crippen molar-refractivity contribution in [1.82, 2.24) is 0 Å². The van der Waals surface area contributed by atoms with Crippen molar-refractivity contribution in [2.24, 2.45) is 0 Å². The fraction of sp³-hybridized carbons (Fsp3) is 0.500. The Bertz CT molecular complexity index is 811. The van der Waals surface area contributed by atoms with Crippen molar-refractivity contribution in [2.75, 3.05) is 26.9 Å². The zero-order valence-electron chi connectivity index (χ0n) is 20.0. The predicted octanol–water partition coefficient (Wildman–Crippen LogP) is 5.07. The maximum absolute atomic E-state index is 11.7. The lowest BCUT2D eigenvalue weighted by atomic mass is 10.1. The van der Waals surface area contributed by atoms with Gasteiger partial charge in [0.15, 0.2) is 0 Å². The Morgan fingerprint density at radius 1 is 0.970 bits per heavy atom. The molecule has 0 unspecified atom stereocenters. The maximum Gasteiger partial charge on any atom is 0.333 e. The molecule has 7 heteroatoms. The van der Waals surface area contributed by atoms with Crippen molar-refractivity contribution in [3.05, 3.63) is 42.0 Å². The fourth-order valence-corrected chi connectivity index (χ4v) is 2.83. The molecule has 0 aliphatic heterocycles. The molecule has 0 heterocycles. The van der Waals surface area contributed by atoms with Crippen molar-refractivity contribution < 1.29 is 33.3 Å². The van der Waals surface area contributed by atoms with Crippen molar-refractivity contribution >= 4 is 23.8 Å². The third-order valence-electron chi connectivity index (χ3n) is 4.64. The van der Waals surface area contributed by atoms with Gasteiger partial charge >= 0.3 is 11.9 Å². The molecule has 0 fully saturated rings. The first-order chi connectivity index (χ1) is 15.9. The Labute approximate surface area is 196 Å². The van der Waals surface area contributed by atoms with Gasteiger partial charge in [0.05, 0.1) is 26.9 Å². The van der Waals surface area contributed by atoms with Crippen LogP contribution in [0.3, 0.4) is 0 Å². The highest BCUT2D eigenvalue weighted by Gasteiger charge is 2.10. The Balaban J connectivity index is 2.29. The van der Waals surface area contributed by atoms with E-state index in [2.05, 4.69) is 6.58 Å². The summed E-state index contributed by atoms with van der Waals surface area (Å²) in [5.74, 6) is 0.310. The molecule has 33 heavy (non-hydrogen) atoms. The van der Waals surface area contributed by atoms with E-state index in [1.54, 1.807) is 19.3 Å². The SMILES string of the molecule is C=C(CC(C)=O)C(=O)OCCCCCCOc1ccc(/C=C/C(=O)OCCCC)c(OC)c1. The second-order valence-corrected chi connectivity index (χ2v) is 7.64. The first-order valence-electron chi connectivity index (χ1n) is 11.4. The molecule has 0 atom stereocenters. The Morgan fingerprint density at radius 2 is 1.67 bits per heavy atom. The summed E-state index contributed by atoms with van der Waals surface area (Å²) in [4.78, 5) is 34.3. The van der Waals surface area contributed by atoms with Crippen LogP contribution in [0.25, 0.3) is 6.08 Å². The number of carbonyl (C=O) groups is 3. The molecule has 0 aromatic heterocycles. The smallest absolute Gasteiger partial charge is 0.333 e. The van der Waals surface area contributed by atoms with E-state index >= 15 is 0 Å². The standard InChI is InChI=1S/C26H36O7/c1-5-6-15-32-25(28)14-12-22-11-13-23(19-24(22)30-4)31-16-9-7-8-10-17-33-26(29)20(2)18-21(3)27/h11-14,19H,2,5-10,15-18H2,1,3-4H3/b14-12+. The normalized spacial score (nSPS) is 10.6. The van der Waals surface area contributed by atoms with Crippen molar-refractivity contribution in [1.29, 1.82) is 0 Å². The number of ketones is 1. The Morgan fingerprint density at radius 3 is 2.33 bits per heavy atom. The number of ether oxygens (including phenoxy) is 4. The quantitative estimate of drug-likeness (QED) is 0.182. The minimum atomic E-state index is -0.505. The summed E-state index contributed by atoms with van der Waals surface area (Å²) < 4.78 is 21.4. The Hall–Kier alpha value is -3.09. The fourth-order valence-electron chi connectivity index (χ4n) is 2.83. The van der Waals surface area contributed by atoms with Gasteiger partial charge < -0.3 is 18.9 Å². The third kappa shape index (κ3) is 12.5. The second kappa shape index (κ2) is 16.5. The van der Waals surface area contributed by atoms with E-state index in [0.29, 0.717) is 31.3 Å². The molecular weight excluding hydrogens is 424 g/mol. The summed E-state index contributed by atoms with van der Waals surface area (Å²) in [6.07, 6.45) is 8.35. The first kappa shape index (κ1) is 27.9. The van der Waals surface area contributed by atoms with Gasteiger partial charge in [0.25, 0.3) is 0 Å². The predicted molar refractivity (Wildman–Crippen MR) is 127 cm³/mol. The van der Waals surface area contributed by atoms with Crippen LogP contribution in [0.4, 0.5) is 0 Å². The van der Waals surface area contributed by atoms with Gasteiger partial charge in [-0.25, -0.2) is 9.59 Å². The van der Waals surface area contributed by atoms with Crippen LogP contribution in [-0.2, 0) is 23.9 Å². The number of carbonyl (C=O) groups excluding carboxylic acids is 3. The minimum Gasteiger partial charge on any atom is -0.496 e. The highest BCUT2D eigenvalue weighted by molar-refractivity contribution is 5.94. The van der Waals surface area contributed by atoms with E-state index in [0.717, 1.165) is 44.1 Å². The number of hydrogen-bond acceptors (Lipinski definition) is 7. The van der Waals surface area contributed by atoms with E-state index in [-0.39, 0.29) is 23.7 Å². The molecule has 0 saturated carbocycles. The van der Waals surface area contributed by atoms with E-state index in [1.165, 1.54) is 13.0 Å². The van der Waals surface area contributed by atoms with Crippen LogP contribution in [0.5, 0.6) is 11.5 Å². The van der Waals surface area contributed by atoms with Gasteiger partial charge in [-0.1, -0.05) is 19.9 Å². The molecule has 1 aromatic carbocycles. The summed E-state index contributed by atoms with van der Waals surface area (Å²) in [6.45, 7) is 8.31. The van der Waals surface area contributed by atoms with Gasteiger partial charge in [-0.05, 0) is 57.2 Å². The molecule has 0 aliphatic carbocycles. The monoisotopic (exact) mass is 460 g/mol. The van der Waals surface area contributed by atoms with Gasteiger partial charge in [0.1, 0.15) is 17.3 Å². The van der Waals surface area contributed by atoms with Crippen LogP contribution < -0.4 is 9.47 Å². The van der Waals surface area contributed by atoms with E-state index in [4.69, 9.17) is 18.9 Å². The highest BCUT2D eigenvalue weighted by Crippen LogP contribution is 2.26. The lowest BCUT2D eigenvalue weighted by Crippen LogP contribution is -2.10. The molecule has 1 rings (SSSR count). The van der Waals surface area contributed by atoms with Gasteiger partial charge in [0, 0.05) is 29.7 Å². The number of methoxy groups -OCH3 is 1. The molecule has 0 aliphatic rings. The number of hydrogen-bond donors (Lipinski definition) is 0. The zero-order valence-corrected chi connectivity index (χ0v) is 20.0. The lowest BCUT2D eigenvalue weighted by molar-refractivity contribution is -0.140. The van der Waals surface area contributed by atoms with Crippen LogP contribution in [0.1, 0.15) is 64.4 Å². The van der Waals surface area contributed by atoms with Crippen molar-refractivity contribution in [2.45, 2.75) is 58.8 Å². The van der Waals surface area contributed by atoms with Gasteiger partial charge in [-0.3, -0.25) is 4.79 Å². The van der Waals surface area contributed by atoms with Crippen molar-refractivity contribution in [3.8, 4) is 11.5 Å². The average Bonchev–Trinajstić information content (AvgIpc) is 2.79. The van der Waals surface area contributed by atoms with E-state index in [9.17, 15) is 14.4 Å². The first-order valence-corrected chi connectivity index (χ1v) is 11.4. The molecule has 0 spiro atoms. The molecule has 182 valence electrons. The summed E-state index contributed by atoms with van der Waals surface area (Å²) in [5.41, 5.74) is 0.956. The van der Waals surface area contributed by atoms with Crippen LogP contribution >= 0.6 is 0 Å². The summed E-state index contributed by atoms with van der Waals surface area (Å²) in [5, 5.41) is 0. The number of unbranched alkanes of at least 4 members (excludes halogenated alkanes) is 4. The zero-order chi connectivity index (χ0) is 24.5. The highest BCUT2D eigenvalue weighted by atomic mass is 16.5. The Kier molecular flexibility index (Phi) is 14.0. The molecule has 0 radical (unpaired) electrons. The maximum atomic E-state index is 11.7. The van der Waals surface area contributed by atoms with Gasteiger partial charge in [-0.2, -0.15) is 0 Å². The van der Waals surface area contributed by atoms with Crippen LogP contribution in [0, 0.1) is 0 Å². The molecular formula is C26H36O7. The summed E-state index contributed by atoms with van der Waals surface area (Å²) >= 11 is 0. The molecule has 1 aromatic rings. The van der Waals surface area contributed by atoms with E-state index < -0.39 is 5.97 Å². The molecule has 0 amide bonds. The van der Waals surface area contributed by atoms with Crippen molar-refractivity contribution in [3.63, 3.8) is 0 Å². The minimum absolute atomic E-state index is 0.0316. The number of benzene rings is 1. The average molecular weight is 461 g/mol. The topological polar surface area (TPSA) is 88.1 Å². The number of esters is 2. The molecule has 0 bridgehead atoms. The number of Topliss-reactive ketones (excluding diaryl/α,β-unsaturated/α-hetero) is 1. The lowest BCUT2D eigenvalue weighted by Gasteiger charge is -2.10. The third-order valence-corrected chi connectivity index (χ3v) is 4.64. The number of rotatable bonds is 17. The van der Waals surface area contributed by atoms with Crippen LogP contribution in [0.15, 0.2) is 36.4 Å². The van der Waals surface area contributed by atoms with Crippen LogP contribution in [0.2, 0.25) is 0 Å². The molecule has 0 saturated heterocycles. The van der Waals surface area contributed by atoms with E-state index in [1.807, 2.05) is 19.1 Å². The summed E-state index contributed by atoms with van der Waals surface area (Å²) in [6, 6.07) is 5.45. The molecule has 7 nitrogen and oxygen atoms in total. The largest absolute Gasteiger partial charge is 0.496 e. The second-order valence-electron chi connectivity index (χ2n) is 7.64. The molecule has 0 N–H and O–H groups in total. The van der Waals surface area contributed by atoms with Gasteiger partial charge in [-0.15, -0.1) is 0 Å². The van der Waals surface area contributed by atoms with Crippen LogP contribution in [-0.4, -0.2) is 44.7 Å². The van der Waals surface area contributed by atoms with Gasteiger partial charge in [0.2, 0.25) is 0 Å².